The van der Waals surface area contributed by atoms with E-state index in [1.165, 1.54) is 43.0 Å². The van der Waals surface area contributed by atoms with Crippen molar-refractivity contribution in [3.63, 3.8) is 0 Å². The molecule has 1 atom stereocenters. The summed E-state index contributed by atoms with van der Waals surface area (Å²) in [5, 5.41) is 12.6. The smallest absolute Gasteiger partial charge is 0.242 e. The maximum absolute atomic E-state index is 13.3. The molecule has 3 aromatic rings. The molecule has 2 fully saturated rings. The van der Waals surface area contributed by atoms with Crippen LogP contribution in [0.1, 0.15) is 59.8 Å². The summed E-state index contributed by atoms with van der Waals surface area (Å²) in [6, 6.07) is 18.3. The largest absolute Gasteiger partial charge is 0.325 e. The van der Waals surface area contributed by atoms with Crippen LogP contribution in [0.4, 0.5) is 5.69 Å². The third-order valence-electron chi connectivity index (χ3n) is 5.43. The van der Waals surface area contributed by atoms with Crippen molar-refractivity contribution >= 4 is 23.4 Å². The zero-order valence-electron chi connectivity index (χ0n) is 16.4. The number of hydrogen-bond donors (Lipinski definition) is 1. The summed E-state index contributed by atoms with van der Waals surface area (Å²) in [5.41, 5.74) is 2.95. The average molecular weight is 405 g/mol. The van der Waals surface area contributed by atoms with Gasteiger partial charge in [-0.1, -0.05) is 59.8 Å². The zero-order valence-corrected chi connectivity index (χ0v) is 17.2. The molecule has 2 aromatic carbocycles. The van der Waals surface area contributed by atoms with Crippen LogP contribution in [-0.4, -0.2) is 20.7 Å². The molecular weight excluding hydrogens is 380 g/mol. The fourth-order valence-corrected chi connectivity index (χ4v) is 4.63. The van der Waals surface area contributed by atoms with Crippen LogP contribution in [0.3, 0.4) is 0 Å². The van der Waals surface area contributed by atoms with Crippen molar-refractivity contribution < 1.29 is 4.79 Å². The van der Waals surface area contributed by atoms with Crippen LogP contribution in [0, 0.1) is 6.92 Å². The van der Waals surface area contributed by atoms with Crippen molar-refractivity contribution in [2.75, 3.05) is 5.32 Å². The topological polar surface area (TPSA) is 59.8 Å². The number of hydrogen-bond acceptors (Lipinski definition) is 4. The van der Waals surface area contributed by atoms with E-state index in [2.05, 4.69) is 20.1 Å². The number of thioether (sulfide) groups is 1. The molecule has 1 amide bonds. The Morgan fingerprint density at radius 3 is 2.41 bits per heavy atom. The van der Waals surface area contributed by atoms with Crippen molar-refractivity contribution in [3.8, 4) is 0 Å². The van der Waals surface area contributed by atoms with Gasteiger partial charge in [0.1, 0.15) is 11.1 Å². The summed E-state index contributed by atoms with van der Waals surface area (Å²) in [6.07, 6.45) is 4.75. The minimum atomic E-state index is -0.383. The first-order valence-corrected chi connectivity index (χ1v) is 11.1. The molecule has 2 aliphatic carbocycles. The molecule has 0 unspecified atom stereocenters. The molecule has 1 aromatic heterocycles. The van der Waals surface area contributed by atoms with E-state index in [0.29, 0.717) is 12.0 Å². The molecule has 0 aliphatic heterocycles. The third-order valence-corrected chi connectivity index (χ3v) is 6.64. The van der Waals surface area contributed by atoms with Crippen LogP contribution in [0.15, 0.2) is 59.8 Å². The monoisotopic (exact) mass is 404 g/mol. The molecule has 1 heterocycles. The zero-order chi connectivity index (χ0) is 19.8. The first-order chi connectivity index (χ1) is 14.2. The van der Waals surface area contributed by atoms with Gasteiger partial charge in [-0.05, 0) is 50.3 Å². The quantitative estimate of drug-likeness (QED) is 0.545. The van der Waals surface area contributed by atoms with E-state index in [9.17, 15) is 4.79 Å². The highest BCUT2D eigenvalue weighted by Crippen LogP contribution is 2.47. The number of carbonyl (C=O) groups excluding carboxylic acids is 1. The number of nitrogens with one attached hydrogen (secondary N) is 1. The van der Waals surface area contributed by atoms with Gasteiger partial charge >= 0.3 is 0 Å². The van der Waals surface area contributed by atoms with Gasteiger partial charge in [-0.3, -0.25) is 4.79 Å². The number of benzene rings is 2. The van der Waals surface area contributed by atoms with Gasteiger partial charge in [-0.25, -0.2) is 0 Å². The molecule has 5 nitrogen and oxygen atoms in total. The summed E-state index contributed by atoms with van der Waals surface area (Å²) in [7, 11) is 0. The number of carbonyl (C=O) groups is 1. The molecular formula is C23H24N4OS. The number of amides is 1. The Morgan fingerprint density at radius 1 is 1.03 bits per heavy atom. The summed E-state index contributed by atoms with van der Waals surface area (Å²) >= 11 is 1.51. The summed E-state index contributed by atoms with van der Waals surface area (Å²) in [5.74, 6) is 1.62. The van der Waals surface area contributed by atoms with Gasteiger partial charge in [0.2, 0.25) is 5.91 Å². The molecule has 148 valence electrons. The minimum Gasteiger partial charge on any atom is -0.325 e. The molecule has 0 saturated heterocycles. The lowest BCUT2D eigenvalue weighted by atomic mass is 10.1. The highest BCUT2D eigenvalue weighted by molar-refractivity contribution is 8.00. The van der Waals surface area contributed by atoms with Crippen molar-refractivity contribution in [1.29, 1.82) is 0 Å². The van der Waals surface area contributed by atoms with Gasteiger partial charge in [-0.15, -0.1) is 10.2 Å². The third kappa shape index (κ3) is 4.08. The number of aromatic nitrogens is 3. The number of anilines is 1. The fourth-order valence-electron chi connectivity index (χ4n) is 3.52. The SMILES string of the molecule is Cc1ccc(NC(=O)[C@@H](Sc2nnc(C3CC3)n2C2CC2)c2ccccc2)cc1. The predicted molar refractivity (Wildman–Crippen MR) is 115 cm³/mol. The van der Waals surface area contributed by atoms with Crippen LogP contribution in [0.5, 0.6) is 0 Å². The second-order valence-corrected chi connectivity index (χ2v) is 9.05. The minimum absolute atomic E-state index is 0.0385. The molecule has 5 rings (SSSR count). The van der Waals surface area contributed by atoms with Crippen molar-refractivity contribution in [2.45, 2.75) is 55.0 Å². The Kier molecular flexibility index (Phi) is 4.87. The number of rotatable bonds is 7. The van der Waals surface area contributed by atoms with Gasteiger partial charge in [0.05, 0.1) is 0 Å². The molecule has 0 spiro atoms. The van der Waals surface area contributed by atoms with Crippen LogP contribution in [0.25, 0.3) is 0 Å². The Hall–Kier alpha value is -2.60. The summed E-state index contributed by atoms with van der Waals surface area (Å²) in [6.45, 7) is 2.04. The summed E-state index contributed by atoms with van der Waals surface area (Å²) < 4.78 is 2.30. The second kappa shape index (κ2) is 7.67. The van der Waals surface area contributed by atoms with E-state index in [1.54, 1.807) is 0 Å². The molecule has 6 heteroatoms. The van der Waals surface area contributed by atoms with Crippen LogP contribution < -0.4 is 5.32 Å². The van der Waals surface area contributed by atoms with Crippen LogP contribution in [0.2, 0.25) is 0 Å². The maximum atomic E-state index is 13.3. The Balaban J connectivity index is 1.44. The molecule has 0 bridgehead atoms. The Bertz CT molecular complexity index is 1010. The lowest BCUT2D eigenvalue weighted by molar-refractivity contribution is -0.115. The van der Waals surface area contributed by atoms with Crippen molar-refractivity contribution in [3.05, 3.63) is 71.5 Å². The summed E-state index contributed by atoms with van der Waals surface area (Å²) in [4.78, 5) is 13.3. The Labute approximate surface area is 174 Å². The van der Waals surface area contributed by atoms with Gasteiger partial charge < -0.3 is 9.88 Å². The van der Waals surface area contributed by atoms with E-state index < -0.39 is 0 Å². The highest BCUT2D eigenvalue weighted by atomic mass is 32.2. The molecule has 29 heavy (non-hydrogen) atoms. The number of aryl methyl sites for hydroxylation is 1. The van der Waals surface area contributed by atoms with Gasteiger partial charge in [0, 0.05) is 17.6 Å². The van der Waals surface area contributed by atoms with E-state index in [0.717, 1.165) is 22.2 Å². The van der Waals surface area contributed by atoms with Crippen molar-refractivity contribution in [1.82, 2.24) is 14.8 Å². The lowest BCUT2D eigenvalue weighted by Gasteiger charge is -2.17. The van der Waals surface area contributed by atoms with Gasteiger partial charge in [-0.2, -0.15) is 0 Å². The van der Waals surface area contributed by atoms with Crippen LogP contribution >= 0.6 is 11.8 Å². The lowest BCUT2D eigenvalue weighted by Crippen LogP contribution is -2.19. The molecule has 0 radical (unpaired) electrons. The molecule has 1 N–H and O–H groups in total. The van der Waals surface area contributed by atoms with Crippen molar-refractivity contribution in [2.24, 2.45) is 0 Å². The van der Waals surface area contributed by atoms with E-state index >= 15 is 0 Å². The van der Waals surface area contributed by atoms with E-state index in [-0.39, 0.29) is 11.2 Å². The highest BCUT2D eigenvalue weighted by Gasteiger charge is 2.37. The van der Waals surface area contributed by atoms with Gasteiger partial charge in [0.25, 0.3) is 0 Å². The first-order valence-electron chi connectivity index (χ1n) is 10.2. The van der Waals surface area contributed by atoms with E-state index in [1.807, 2.05) is 61.5 Å². The average Bonchev–Trinajstić information content (AvgIpc) is 3.67. The second-order valence-electron chi connectivity index (χ2n) is 7.98. The number of nitrogens with zero attached hydrogens (tertiary/aromatic N) is 3. The first kappa shape index (κ1) is 18.4. The molecule has 2 saturated carbocycles. The van der Waals surface area contributed by atoms with Gasteiger partial charge in [0.15, 0.2) is 5.16 Å². The Morgan fingerprint density at radius 2 is 1.76 bits per heavy atom. The normalized spacial score (nSPS) is 17.1. The van der Waals surface area contributed by atoms with Crippen LogP contribution in [-0.2, 0) is 4.79 Å². The standard InChI is InChI=1S/C23H24N4OS/c1-15-7-11-18(12-8-15)24-22(28)20(16-5-3-2-4-6-16)29-23-26-25-21(17-9-10-17)27(23)19-13-14-19/h2-8,11-12,17,19-20H,9-10,13-14H2,1H3,(H,24,28)/t20-/m0/s1. The maximum Gasteiger partial charge on any atom is 0.242 e. The fraction of sp³-hybridized carbons (Fsp3) is 0.348. The van der Waals surface area contributed by atoms with E-state index in [4.69, 9.17) is 0 Å². The predicted octanol–water partition coefficient (Wildman–Crippen LogP) is 5.27. The molecule has 2 aliphatic rings.